The summed E-state index contributed by atoms with van der Waals surface area (Å²) in [6, 6.07) is 0. The molecule has 0 atom stereocenters. The third-order valence-electron chi connectivity index (χ3n) is 3.93. The Morgan fingerprint density at radius 3 is 1.00 bits per heavy atom. The van der Waals surface area contributed by atoms with Crippen LogP contribution in [0.4, 0.5) is 0 Å². The highest BCUT2D eigenvalue weighted by Crippen LogP contribution is 2.37. The zero-order valence-electron chi connectivity index (χ0n) is 13.5. The van der Waals surface area contributed by atoms with Gasteiger partial charge in [-0.15, -0.1) is 0 Å². The summed E-state index contributed by atoms with van der Waals surface area (Å²) in [5, 5.41) is 21.1. The lowest BCUT2D eigenvalue weighted by Gasteiger charge is -2.35. The Hall–Kier alpha value is -0.400. The van der Waals surface area contributed by atoms with Crippen LogP contribution in [0.1, 0.15) is 0 Å². The first-order valence-electron chi connectivity index (χ1n) is 6.97. The fraction of sp³-hybridized carbons (Fsp3) is 1.00. The van der Waals surface area contributed by atoms with E-state index in [4.69, 9.17) is 18.9 Å². The Labute approximate surface area is 130 Å². The molecule has 2 heterocycles. The Morgan fingerprint density at radius 1 is 0.591 bits per heavy atom. The zero-order valence-corrected chi connectivity index (χ0v) is 13.5. The Morgan fingerprint density at radius 2 is 0.818 bits per heavy atom. The van der Waals surface area contributed by atoms with Gasteiger partial charge >= 0.3 is 0 Å². The van der Waals surface area contributed by atoms with Crippen molar-refractivity contribution >= 4 is 0 Å². The van der Waals surface area contributed by atoms with Crippen LogP contribution in [0.5, 0.6) is 0 Å². The smallest absolute Gasteiger partial charge is 0.171 e. The molecule has 2 aliphatic rings. The molecule has 0 radical (unpaired) electrons. The highest BCUT2D eigenvalue weighted by atomic mass is 16.5. The van der Waals surface area contributed by atoms with Gasteiger partial charge in [0.25, 0.3) is 0 Å². The standard InChI is InChI=1S/C12H26N4O6/c1-19-5-13-9-10(15(7-21-3)11(13)17)16(8-22-4)12(18)14(9)6-20-2/h9-12,17-18H,5-8H2,1-4H3. The van der Waals surface area contributed by atoms with Gasteiger partial charge in [0, 0.05) is 28.4 Å². The van der Waals surface area contributed by atoms with E-state index < -0.39 is 12.7 Å². The molecule has 2 aliphatic heterocycles. The molecule has 0 spiro atoms. The number of ether oxygens (including phenoxy) is 4. The molecule has 22 heavy (non-hydrogen) atoms. The van der Waals surface area contributed by atoms with Crippen molar-refractivity contribution < 1.29 is 29.2 Å². The first kappa shape index (κ1) is 17.9. The van der Waals surface area contributed by atoms with E-state index in [2.05, 4.69) is 0 Å². The summed E-state index contributed by atoms with van der Waals surface area (Å²) < 4.78 is 20.7. The number of fused-ring (bicyclic) bond motifs is 1. The fourth-order valence-electron chi connectivity index (χ4n) is 3.16. The molecule has 130 valence electrons. The van der Waals surface area contributed by atoms with Gasteiger partial charge in [-0.1, -0.05) is 0 Å². The quantitative estimate of drug-likeness (QED) is 0.515. The predicted octanol–water partition coefficient (Wildman–Crippen LogP) is -2.16. The lowest BCUT2D eigenvalue weighted by atomic mass is 10.3. The van der Waals surface area contributed by atoms with E-state index in [9.17, 15) is 10.2 Å². The summed E-state index contributed by atoms with van der Waals surface area (Å²) >= 11 is 0. The van der Waals surface area contributed by atoms with Crippen molar-refractivity contribution in [3.8, 4) is 0 Å². The summed E-state index contributed by atoms with van der Waals surface area (Å²) in [5.41, 5.74) is 0. The second-order valence-electron chi connectivity index (χ2n) is 5.25. The molecule has 0 aromatic rings. The second kappa shape index (κ2) is 7.93. The predicted molar refractivity (Wildman–Crippen MR) is 74.4 cm³/mol. The van der Waals surface area contributed by atoms with E-state index in [0.29, 0.717) is 0 Å². The molecular weight excluding hydrogens is 296 g/mol. The van der Waals surface area contributed by atoms with Gasteiger partial charge in [-0.2, -0.15) is 0 Å². The minimum atomic E-state index is -0.902. The van der Waals surface area contributed by atoms with Gasteiger partial charge in [0.15, 0.2) is 12.7 Å². The minimum absolute atomic E-state index is 0.205. The number of aliphatic hydroxyl groups is 2. The number of hydrogen-bond acceptors (Lipinski definition) is 10. The normalized spacial score (nSPS) is 34.6. The molecule has 0 aromatic heterocycles. The van der Waals surface area contributed by atoms with E-state index in [1.807, 2.05) is 0 Å². The van der Waals surface area contributed by atoms with Crippen molar-refractivity contribution in [2.75, 3.05) is 55.4 Å². The number of hydrogen-bond donors (Lipinski definition) is 2. The van der Waals surface area contributed by atoms with Crippen LogP contribution in [-0.2, 0) is 18.9 Å². The number of rotatable bonds is 8. The van der Waals surface area contributed by atoms with Crippen LogP contribution < -0.4 is 0 Å². The van der Waals surface area contributed by atoms with Crippen molar-refractivity contribution in [2.45, 2.75) is 25.0 Å². The summed E-state index contributed by atoms with van der Waals surface area (Å²) in [4.78, 5) is 6.90. The molecule has 0 bridgehead atoms. The van der Waals surface area contributed by atoms with Crippen LogP contribution >= 0.6 is 0 Å². The van der Waals surface area contributed by atoms with Gasteiger partial charge in [-0.25, -0.2) is 19.6 Å². The van der Waals surface area contributed by atoms with Crippen molar-refractivity contribution in [2.24, 2.45) is 0 Å². The molecule has 2 rings (SSSR count). The van der Waals surface area contributed by atoms with Crippen LogP contribution in [0.25, 0.3) is 0 Å². The SMILES string of the molecule is COCN1C(O)N(COC)C2C1N(COC)C(O)N2COC. The average molecular weight is 322 g/mol. The summed E-state index contributed by atoms with van der Waals surface area (Å²) in [6.45, 7) is 0.819. The van der Waals surface area contributed by atoms with Gasteiger partial charge in [-0.3, -0.25) is 0 Å². The molecule has 2 fully saturated rings. The maximum absolute atomic E-state index is 10.6. The van der Waals surface area contributed by atoms with E-state index in [-0.39, 0.29) is 39.3 Å². The van der Waals surface area contributed by atoms with Gasteiger partial charge < -0.3 is 29.2 Å². The Kier molecular flexibility index (Phi) is 6.46. The van der Waals surface area contributed by atoms with Crippen LogP contribution in [0, 0.1) is 0 Å². The van der Waals surface area contributed by atoms with Crippen LogP contribution in [0.2, 0.25) is 0 Å². The molecule has 2 saturated heterocycles. The third kappa shape index (κ3) is 2.99. The largest absolute Gasteiger partial charge is 0.369 e. The van der Waals surface area contributed by atoms with Crippen LogP contribution in [0.15, 0.2) is 0 Å². The maximum atomic E-state index is 10.6. The van der Waals surface area contributed by atoms with E-state index in [1.165, 1.54) is 0 Å². The molecular formula is C12H26N4O6. The van der Waals surface area contributed by atoms with Crippen LogP contribution in [-0.4, -0.2) is 110 Å². The van der Waals surface area contributed by atoms with E-state index >= 15 is 0 Å². The Balaban J connectivity index is 2.32. The summed E-state index contributed by atoms with van der Waals surface area (Å²) in [7, 11) is 6.22. The highest BCUT2D eigenvalue weighted by Gasteiger charge is 2.59. The molecule has 0 saturated carbocycles. The first-order valence-corrected chi connectivity index (χ1v) is 6.97. The number of aliphatic hydroxyl groups excluding tert-OH is 2. The van der Waals surface area contributed by atoms with Crippen molar-refractivity contribution in [1.82, 2.24) is 19.6 Å². The lowest BCUT2D eigenvalue weighted by molar-refractivity contribution is -0.206. The van der Waals surface area contributed by atoms with Gasteiger partial charge in [0.2, 0.25) is 0 Å². The highest BCUT2D eigenvalue weighted by molar-refractivity contribution is 4.98. The number of methoxy groups -OCH3 is 4. The molecule has 2 N–H and O–H groups in total. The van der Waals surface area contributed by atoms with Gasteiger partial charge in [0.1, 0.15) is 39.3 Å². The van der Waals surface area contributed by atoms with Gasteiger partial charge in [-0.05, 0) is 0 Å². The van der Waals surface area contributed by atoms with Crippen LogP contribution in [0.3, 0.4) is 0 Å². The van der Waals surface area contributed by atoms with E-state index in [0.717, 1.165) is 0 Å². The molecule has 0 aliphatic carbocycles. The third-order valence-corrected chi connectivity index (χ3v) is 3.93. The molecule has 10 heteroatoms. The second-order valence-corrected chi connectivity index (χ2v) is 5.25. The maximum Gasteiger partial charge on any atom is 0.171 e. The fourth-order valence-corrected chi connectivity index (χ4v) is 3.16. The number of nitrogens with zero attached hydrogens (tertiary/aromatic N) is 4. The monoisotopic (exact) mass is 322 g/mol. The summed E-state index contributed by atoms with van der Waals surface area (Å²) in [5.74, 6) is 0. The van der Waals surface area contributed by atoms with Crippen molar-refractivity contribution in [3.63, 3.8) is 0 Å². The van der Waals surface area contributed by atoms with Crippen molar-refractivity contribution in [3.05, 3.63) is 0 Å². The average Bonchev–Trinajstić information content (AvgIpc) is 2.90. The van der Waals surface area contributed by atoms with Gasteiger partial charge in [0.05, 0.1) is 0 Å². The minimum Gasteiger partial charge on any atom is -0.369 e. The molecule has 0 amide bonds. The zero-order chi connectivity index (χ0) is 16.3. The Bertz CT molecular complexity index is 292. The van der Waals surface area contributed by atoms with E-state index in [1.54, 1.807) is 48.0 Å². The molecule has 0 unspecified atom stereocenters. The first-order chi connectivity index (χ1) is 10.6. The molecule has 10 nitrogen and oxygen atoms in total. The lowest BCUT2D eigenvalue weighted by Crippen LogP contribution is -2.53. The topological polar surface area (TPSA) is 90.3 Å². The van der Waals surface area contributed by atoms with Crippen molar-refractivity contribution in [1.29, 1.82) is 0 Å². The summed E-state index contributed by atoms with van der Waals surface area (Å²) in [6.07, 6.45) is -2.45. The molecule has 0 aromatic carbocycles.